The molecule has 10 nitrogen and oxygen atoms in total. The van der Waals surface area contributed by atoms with Gasteiger partial charge >= 0.3 is 18.1 Å². The molecular weight excluding hydrogens is 456 g/mol. The molecule has 2 aromatic carbocycles. The van der Waals surface area contributed by atoms with Crippen molar-refractivity contribution in [1.29, 1.82) is 0 Å². The minimum Gasteiger partial charge on any atom is -0.478 e. The third-order valence-corrected chi connectivity index (χ3v) is 5.21. The lowest BCUT2D eigenvalue weighted by molar-refractivity contribution is -0.384. The van der Waals surface area contributed by atoms with Gasteiger partial charge in [-0.2, -0.15) is 13.9 Å². The van der Waals surface area contributed by atoms with Gasteiger partial charge in [0, 0.05) is 29.6 Å². The number of non-ortho nitro benzene ring substituents is 1. The number of fused-ring (bicyclic) bond motifs is 3. The van der Waals surface area contributed by atoms with Crippen LogP contribution in [0.5, 0.6) is 5.75 Å². The van der Waals surface area contributed by atoms with E-state index < -0.39 is 28.8 Å². The van der Waals surface area contributed by atoms with Crippen molar-refractivity contribution in [3.8, 4) is 17.0 Å². The van der Waals surface area contributed by atoms with E-state index in [0.29, 0.717) is 12.0 Å². The minimum atomic E-state index is -3.22. The molecule has 4 rings (SSSR count). The lowest BCUT2D eigenvalue weighted by atomic mass is 10.0. The SMILES string of the molecule is CCCCn1nc(-c2ccc([N+](=O)[O-])cc2)c2c(oc3c(OC(F)F)ccc(C(=O)O)c32)c1=O. The predicted molar refractivity (Wildman–Crippen MR) is 116 cm³/mol. The van der Waals surface area contributed by atoms with Crippen LogP contribution in [0.1, 0.15) is 30.1 Å². The number of aromatic nitrogens is 2. The number of halogens is 2. The summed E-state index contributed by atoms with van der Waals surface area (Å²) in [5.41, 5.74) is -1.37. The van der Waals surface area contributed by atoms with Crippen molar-refractivity contribution in [2.24, 2.45) is 0 Å². The van der Waals surface area contributed by atoms with Gasteiger partial charge in [-0.25, -0.2) is 9.48 Å². The van der Waals surface area contributed by atoms with Crippen molar-refractivity contribution in [2.75, 3.05) is 0 Å². The molecule has 0 bridgehead atoms. The van der Waals surface area contributed by atoms with Crippen LogP contribution in [-0.2, 0) is 6.54 Å². The van der Waals surface area contributed by atoms with Gasteiger partial charge in [0.05, 0.1) is 15.9 Å². The highest BCUT2D eigenvalue weighted by atomic mass is 19.3. The monoisotopic (exact) mass is 473 g/mol. The highest BCUT2D eigenvalue weighted by Gasteiger charge is 2.26. The smallest absolute Gasteiger partial charge is 0.387 e. The number of carbonyl (C=O) groups is 1. The Morgan fingerprint density at radius 3 is 2.50 bits per heavy atom. The number of nitro groups is 1. The van der Waals surface area contributed by atoms with Crippen LogP contribution in [0, 0.1) is 10.1 Å². The Hall–Kier alpha value is -4.35. The van der Waals surface area contributed by atoms with Gasteiger partial charge in [-0.15, -0.1) is 0 Å². The molecule has 4 aromatic rings. The Balaban J connectivity index is 2.14. The fourth-order valence-electron chi connectivity index (χ4n) is 3.66. The molecule has 176 valence electrons. The Morgan fingerprint density at radius 1 is 1.21 bits per heavy atom. The van der Waals surface area contributed by atoms with Crippen LogP contribution >= 0.6 is 0 Å². The maximum Gasteiger partial charge on any atom is 0.387 e. The maximum atomic E-state index is 13.1. The molecule has 12 heteroatoms. The van der Waals surface area contributed by atoms with Crippen molar-refractivity contribution < 1.29 is 32.8 Å². The van der Waals surface area contributed by atoms with E-state index in [9.17, 15) is 33.6 Å². The Kier molecular flexibility index (Phi) is 5.97. The fraction of sp³-hybridized carbons (Fsp3) is 0.227. The molecule has 0 spiro atoms. The van der Waals surface area contributed by atoms with Crippen molar-refractivity contribution in [3.05, 3.63) is 62.4 Å². The van der Waals surface area contributed by atoms with E-state index in [2.05, 4.69) is 9.84 Å². The number of aromatic carboxylic acids is 1. The summed E-state index contributed by atoms with van der Waals surface area (Å²) in [6, 6.07) is 7.35. The van der Waals surface area contributed by atoms with Gasteiger partial charge in [0.1, 0.15) is 5.69 Å². The summed E-state index contributed by atoms with van der Waals surface area (Å²) in [4.78, 5) is 35.5. The fourth-order valence-corrected chi connectivity index (χ4v) is 3.66. The minimum absolute atomic E-state index is 0.0151. The summed E-state index contributed by atoms with van der Waals surface area (Å²) in [6.45, 7) is -1.09. The van der Waals surface area contributed by atoms with Crippen LogP contribution in [0.4, 0.5) is 14.5 Å². The number of rotatable bonds is 8. The van der Waals surface area contributed by atoms with E-state index in [1.165, 1.54) is 24.3 Å². The summed E-state index contributed by atoms with van der Waals surface area (Å²) in [7, 11) is 0. The van der Waals surface area contributed by atoms with E-state index in [0.717, 1.165) is 23.2 Å². The first-order chi connectivity index (χ1) is 16.2. The molecule has 0 aliphatic heterocycles. The number of carboxylic acid groups (broad SMARTS) is 1. The zero-order valence-corrected chi connectivity index (χ0v) is 17.7. The number of carboxylic acids is 1. The first-order valence-corrected chi connectivity index (χ1v) is 10.2. The van der Waals surface area contributed by atoms with Gasteiger partial charge in [0.2, 0.25) is 5.58 Å². The van der Waals surface area contributed by atoms with E-state index in [1.807, 2.05) is 6.92 Å². The molecule has 0 aliphatic rings. The van der Waals surface area contributed by atoms with E-state index >= 15 is 0 Å². The number of nitrogens with zero attached hydrogens (tertiary/aromatic N) is 3. The molecule has 2 aromatic heterocycles. The number of furan rings is 1. The third-order valence-electron chi connectivity index (χ3n) is 5.21. The van der Waals surface area contributed by atoms with Crippen LogP contribution in [0.3, 0.4) is 0 Å². The Morgan fingerprint density at radius 2 is 1.91 bits per heavy atom. The summed E-state index contributed by atoms with van der Waals surface area (Å²) < 4.78 is 37.2. The van der Waals surface area contributed by atoms with Gasteiger partial charge in [0.25, 0.3) is 5.69 Å². The number of alkyl halides is 2. The Labute approximate surface area is 189 Å². The van der Waals surface area contributed by atoms with Gasteiger partial charge in [-0.3, -0.25) is 14.9 Å². The molecule has 34 heavy (non-hydrogen) atoms. The molecule has 0 unspecified atom stereocenters. The number of ether oxygens (including phenoxy) is 1. The van der Waals surface area contributed by atoms with Crippen molar-refractivity contribution in [3.63, 3.8) is 0 Å². The Bertz CT molecular complexity index is 1480. The molecule has 0 radical (unpaired) electrons. The zero-order valence-electron chi connectivity index (χ0n) is 17.7. The summed E-state index contributed by atoms with van der Waals surface area (Å²) in [5, 5.41) is 25.0. The quantitative estimate of drug-likeness (QED) is 0.284. The molecule has 0 amide bonds. The standard InChI is InChI=1S/C22H17F2N3O7/c1-2-3-10-26-20(28)19-16(17(25-26)11-4-6-12(7-5-11)27(31)32)15-13(21(29)30)8-9-14(18(15)34-19)33-22(23)24/h4-9,22H,2-3,10H2,1H3,(H,29,30). The molecular formula is C22H17F2N3O7. The van der Waals surface area contributed by atoms with Crippen LogP contribution in [-0.4, -0.2) is 32.4 Å². The van der Waals surface area contributed by atoms with Crippen LogP contribution in [0.2, 0.25) is 0 Å². The molecule has 1 N–H and O–H groups in total. The van der Waals surface area contributed by atoms with Crippen molar-refractivity contribution in [2.45, 2.75) is 32.9 Å². The molecule has 0 atom stereocenters. The molecule has 2 heterocycles. The number of hydrogen-bond acceptors (Lipinski definition) is 7. The van der Waals surface area contributed by atoms with Crippen LogP contribution in [0.25, 0.3) is 33.2 Å². The molecule has 0 saturated carbocycles. The number of aryl methyl sites for hydroxylation is 1. The van der Waals surface area contributed by atoms with Gasteiger partial charge < -0.3 is 14.3 Å². The highest BCUT2D eigenvalue weighted by molar-refractivity contribution is 6.19. The van der Waals surface area contributed by atoms with E-state index in [-0.39, 0.29) is 45.4 Å². The van der Waals surface area contributed by atoms with E-state index in [1.54, 1.807) is 0 Å². The topological polar surface area (TPSA) is 138 Å². The molecule has 0 saturated heterocycles. The average Bonchev–Trinajstić information content (AvgIpc) is 3.20. The first-order valence-electron chi connectivity index (χ1n) is 10.2. The van der Waals surface area contributed by atoms with Crippen molar-refractivity contribution in [1.82, 2.24) is 9.78 Å². The predicted octanol–water partition coefficient (Wildman–Crippen LogP) is 4.82. The van der Waals surface area contributed by atoms with Gasteiger partial charge in [-0.05, 0) is 30.7 Å². The molecule has 0 fully saturated rings. The number of nitro benzene ring substituents is 1. The third kappa shape index (κ3) is 3.93. The lowest BCUT2D eigenvalue weighted by Crippen LogP contribution is -2.23. The summed E-state index contributed by atoms with van der Waals surface area (Å²) in [5.74, 6) is -1.83. The number of benzene rings is 2. The first kappa shape index (κ1) is 22.8. The van der Waals surface area contributed by atoms with Gasteiger partial charge in [0.15, 0.2) is 11.3 Å². The average molecular weight is 473 g/mol. The van der Waals surface area contributed by atoms with Gasteiger partial charge in [-0.1, -0.05) is 13.3 Å². The highest BCUT2D eigenvalue weighted by Crippen LogP contribution is 2.40. The lowest BCUT2D eigenvalue weighted by Gasteiger charge is -2.09. The second kappa shape index (κ2) is 8.89. The largest absolute Gasteiger partial charge is 0.478 e. The van der Waals surface area contributed by atoms with Crippen LogP contribution < -0.4 is 10.3 Å². The second-order valence-electron chi connectivity index (χ2n) is 7.34. The second-order valence-corrected chi connectivity index (χ2v) is 7.34. The number of hydrogen-bond donors (Lipinski definition) is 1. The zero-order chi connectivity index (χ0) is 24.6. The number of unbranched alkanes of at least 4 members (excludes halogenated alkanes) is 1. The summed E-state index contributed by atoms with van der Waals surface area (Å²) >= 11 is 0. The summed E-state index contributed by atoms with van der Waals surface area (Å²) in [6.07, 6.45) is 1.34. The molecule has 0 aliphatic carbocycles. The maximum absolute atomic E-state index is 13.1. The van der Waals surface area contributed by atoms with Crippen LogP contribution in [0.15, 0.2) is 45.6 Å². The van der Waals surface area contributed by atoms with E-state index in [4.69, 9.17) is 4.42 Å². The van der Waals surface area contributed by atoms with Crippen molar-refractivity contribution >= 4 is 33.6 Å². The normalized spacial score (nSPS) is 11.4.